The molecule has 0 bridgehead atoms. The maximum Gasteiger partial charge on any atom is -0.0260 e. The third-order valence-corrected chi connectivity index (χ3v) is 2.57. The highest BCUT2D eigenvalue weighted by Gasteiger charge is 2.04. The highest BCUT2D eigenvalue weighted by atomic mass is 14.1. The van der Waals surface area contributed by atoms with Gasteiger partial charge in [0.1, 0.15) is 0 Å². The molecule has 0 atom stereocenters. The smallest absolute Gasteiger partial charge is 0.0260 e. The second kappa shape index (κ2) is 4.58. The highest BCUT2D eigenvalue weighted by Crippen LogP contribution is 2.22. The first-order chi connectivity index (χ1) is 5.30. The molecule has 0 heteroatoms. The molecule has 1 rings (SSSR count). The molecule has 0 saturated heterocycles. The lowest BCUT2D eigenvalue weighted by molar-refractivity contribution is 0.588. The summed E-state index contributed by atoms with van der Waals surface area (Å²) < 4.78 is 0. The van der Waals surface area contributed by atoms with Crippen LogP contribution in [0, 0.1) is 5.92 Å². The normalized spacial score (nSPS) is 20.8. The van der Waals surface area contributed by atoms with Crippen LogP contribution in [0.4, 0.5) is 0 Å². The fourth-order valence-corrected chi connectivity index (χ4v) is 1.74. The van der Waals surface area contributed by atoms with Crippen molar-refractivity contribution >= 4 is 0 Å². The molecule has 0 aromatic rings. The van der Waals surface area contributed by atoms with E-state index in [0.29, 0.717) is 0 Å². The third-order valence-electron chi connectivity index (χ3n) is 2.57. The van der Waals surface area contributed by atoms with E-state index in [1.165, 1.54) is 38.5 Å². The highest BCUT2D eigenvalue weighted by molar-refractivity contribution is 5.05. The van der Waals surface area contributed by atoms with E-state index in [0.717, 1.165) is 5.92 Å². The average Bonchev–Trinajstić information content (AvgIpc) is 1.84. The maximum atomic E-state index is 2.48. The Labute approximate surface area is 70.7 Å². The molecule has 0 saturated carbocycles. The van der Waals surface area contributed by atoms with Crippen molar-refractivity contribution < 1.29 is 0 Å². The Bertz CT molecular complexity index is 131. The van der Waals surface area contributed by atoms with Crippen LogP contribution in [-0.2, 0) is 0 Å². The molecule has 0 aliphatic heterocycles. The van der Waals surface area contributed by atoms with Gasteiger partial charge in [-0.15, -0.1) is 0 Å². The number of hydrogen-bond donors (Lipinski definition) is 0. The predicted octanol–water partition coefficient (Wildman–Crippen LogP) is 3.92. The van der Waals surface area contributed by atoms with Crippen molar-refractivity contribution in [3.05, 3.63) is 11.6 Å². The number of rotatable bonds is 1. The molecule has 0 nitrogen and oxygen atoms in total. The zero-order valence-electron chi connectivity index (χ0n) is 7.90. The van der Waals surface area contributed by atoms with Gasteiger partial charge in [0, 0.05) is 0 Å². The van der Waals surface area contributed by atoms with Crippen LogP contribution < -0.4 is 0 Å². The van der Waals surface area contributed by atoms with Crippen molar-refractivity contribution in [1.29, 1.82) is 0 Å². The topological polar surface area (TPSA) is 0 Å². The van der Waals surface area contributed by atoms with E-state index in [1.54, 1.807) is 5.57 Å². The van der Waals surface area contributed by atoms with Crippen molar-refractivity contribution in [3.8, 4) is 0 Å². The first-order valence-electron chi connectivity index (χ1n) is 4.99. The third kappa shape index (κ3) is 3.09. The summed E-state index contributed by atoms with van der Waals surface area (Å²) in [6.07, 6.45) is 10.9. The molecule has 0 fully saturated rings. The van der Waals surface area contributed by atoms with Gasteiger partial charge in [-0.05, 0) is 31.6 Å². The van der Waals surface area contributed by atoms with Gasteiger partial charge >= 0.3 is 0 Å². The van der Waals surface area contributed by atoms with Crippen molar-refractivity contribution in [3.63, 3.8) is 0 Å². The van der Waals surface area contributed by atoms with Crippen LogP contribution in [0.15, 0.2) is 11.6 Å². The van der Waals surface area contributed by atoms with Gasteiger partial charge in [-0.3, -0.25) is 0 Å². The Morgan fingerprint density at radius 3 is 2.55 bits per heavy atom. The van der Waals surface area contributed by atoms with Crippen LogP contribution in [-0.4, -0.2) is 0 Å². The van der Waals surface area contributed by atoms with Gasteiger partial charge in [0.2, 0.25) is 0 Å². The van der Waals surface area contributed by atoms with E-state index >= 15 is 0 Å². The molecule has 64 valence electrons. The van der Waals surface area contributed by atoms with Gasteiger partial charge in [-0.2, -0.15) is 0 Å². The summed E-state index contributed by atoms with van der Waals surface area (Å²) in [5.74, 6) is 0.785. The molecule has 0 N–H and O–H groups in total. The molecule has 0 spiro atoms. The molecule has 0 radical (unpaired) electrons. The van der Waals surface area contributed by atoms with E-state index < -0.39 is 0 Å². The first-order valence-corrected chi connectivity index (χ1v) is 4.99. The first kappa shape index (κ1) is 8.83. The minimum atomic E-state index is 0.785. The van der Waals surface area contributed by atoms with Gasteiger partial charge in [0.15, 0.2) is 0 Å². The van der Waals surface area contributed by atoms with Crippen LogP contribution in [0.3, 0.4) is 0 Å². The van der Waals surface area contributed by atoms with Crippen molar-refractivity contribution in [1.82, 2.24) is 0 Å². The monoisotopic (exact) mass is 152 g/mol. The Kier molecular flexibility index (Phi) is 3.68. The van der Waals surface area contributed by atoms with Crippen LogP contribution in [0.5, 0.6) is 0 Å². The molecule has 0 aromatic carbocycles. The summed E-state index contributed by atoms with van der Waals surface area (Å²) in [5.41, 5.74) is 1.70. The summed E-state index contributed by atoms with van der Waals surface area (Å²) in [4.78, 5) is 0. The minimum Gasteiger partial charge on any atom is -0.0851 e. The summed E-state index contributed by atoms with van der Waals surface area (Å²) in [5, 5.41) is 0. The Morgan fingerprint density at radius 2 is 1.82 bits per heavy atom. The van der Waals surface area contributed by atoms with Gasteiger partial charge in [-0.25, -0.2) is 0 Å². The van der Waals surface area contributed by atoms with Crippen LogP contribution >= 0.6 is 0 Å². The molecule has 1 aliphatic carbocycles. The zero-order chi connectivity index (χ0) is 8.10. The van der Waals surface area contributed by atoms with Gasteiger partial charge in [0.25, 0.3) is 0 Å². The van der Waals surface area contributed by atoms with E-state index in [4.69, 9.17) is 0 Å². The molecule has 1 aliphatic rings. The SMILES string of the molecule is CC(C)C1=CCCCCCC1. The van der Waals surface area contributed by atoms with E-state index in [9.17, 15) is 0 Å². The quantitative estimate of drug-likeness (QED) is 0.499. The van der Waals surface area contributed by atoms with Crippen LogP contribution in [0.1, 0.15) is 52.4 Å². The van der Waals surface area contributed by atoms with Crippen LogP contribution in [0.2, 0.25) is 0 Å². The fraction of sp³-hybridized carbons (Fsp3) is 0.818. The summed E-state index contributed by atoms with van der Waals surface area (Å²) in [6, 6.07) is 0. The van der Waals surface area contributed by atoms with E-state index in [1.807, 2.05) is 0 Å². The summed E-state index contributed by atoms with van der Waals surface area (Å²) >= 11 is 0. The Hall–Kier alpha value is -0.260. The molecule has 11 heavy (non-hydrogen) atoms. The van der Waals surface area contributed by atoms with Crippen LogP contribution in [0.25, 0.3) is 0 Å². The van der Waals surface area contributed by atoms with Gasteiger partial charge in [-0.1, -0.05) is 38.3 Å². The second-order valence-corrected chi connectivity index (χ2v) is 3.89. The Morgan fingerprint density at radius 1 is 1.09 bits per heavy atom. The molecule has 0 aromatic heterocycles. The second-order valence-electron chi connectivity index (χ2n) is 3.89. The minimum absolute atomic E-state index is 0.785. The maximum absolute atomic E-state index is 2.48. The zero-order valence-corrected chi connectivity index (χ0v) is 7.90. The van der Waals surface area contributed by atoms with Crippen molar-refractivity contribution in [2.45, 2.75) is 52.4 Å². The molecular weight excluding hydrogens is 132 g/mol. The number of hydrogen-bond acceptors (Lipinski definition) is 0. The largest absolute Gasteiger partial charge is 0.0851 e. The molecular formula is C11H20. The molecule has 0 heterocycles. The van der Waals surface area contributed by atoms with E-state index in [2.05, 4.69) is 19.9 Å². The average molecular weight is 152 g/mol. The van der Waals surface area contributed by atoms with Crippen molar-refractivity contribution in [2.75, 3.05) is 0 Å². The molecule has 0 unspecified atom stereocenters. The van der Waals surface area contributed by atoms with Gasteiger partial charge < -0.3 is 0 Å². The lowest BCUT2D eigenvalue weighted by Gasteiger charge is -2.13. The summed E-state index contributed by atoms with van der Waals surface area (Å²) in [6.45, 7) is 4.63. The lowest BCUT2D eigenvalue weighted by atomic mass is 9.93. The molecule has 0 amide bonds. The Balaban J connectivity index is 2.45. The summed E-state index contributed by atoms with van der Waals surface area (Å²) in [7, 11) is 0. The lowest BCUT2D eigenvalue weighted by Crippen LogP contribution is -1.96. The number of allylic oxidation sites excluding steroid dienone is 2. The fourth-order valence-electron chi connectivity index (χ4n) is 1.74. The standard InChI is InChI=1S/C11H20/c1-10(2)11-8-6-4-3-5-7-9-11/h8,10H,3-7,9H2,1-2H3. The predicted molar refractivity (Wildman–Crippen MR) is 50.6 cm³/mol. The van der Waals surface area contributed by atoms with Gasteiger partial charge in [0.05, 0.1) is 0 Å². The van der Waals surface area contributed by atoms with Crippen molar-refractivity contribution in [2.24, 2.45) is 5.92 Å². The van der Waals surface area contributed by atoms with E-state index in [-0.39, 0.29) is 0 Å².